The number of halogens is 2. The Morgan fingerprint density at radius 1 is 0.717 bits per heavy atom. The zero-order chi connectivity index (χ0) is 36.1. The van der Waals surface area contributed by atoms with E-state index in [-0.39, 0.29) is 49.6 Å². The summed E-state index contributed by atoms with van der Waals surface area (Å²) in [6.45, 7) is 21.7. The second-order valence-corrected chi connectivity index (χ2v) is 34.8. The Labute approximate surface area is 334 Å². The van der Waals surface area contributed by atoms with Gasteiger partial charge >= 0.3 is 312 Å². The Morgan fingerprint density at radius 3 is 1.98 bits per heavy atom. The van der Waals surface area contributed by atoms with Gasteiger partial charge in [0.1, 0.15) is 0 Å². The third kappa shape index (κ3) is 5.04. The Balaban J connectivity index is 0.00000240. The van der Waals surface area contributed by atoms with E-state index in [1.165, 1.54) is 32.8 Å². The van der Waals surface area contributed by atoms with Gasteiger partial charge in [0.2, 0.25) is 0 Å². The third-order valence-electron chi connectivity index (χ3n) is 17.5. The molecule has 3 heteroatoms. The molecule has 0 saturated heterocycles. The standard InChI is InChI=1S/C29H37.C8H9.C7H7.C5H5.CH2.2ClH.Zr/c1-18-25-22-17-19-13-9-10-14-20(19)24(22)21-15-11-12-16-23(21)29(25,8)28(6,7)27(4,5)26(18,2)3;1-2-8-6-4-3-5-7-8;1-7-5-3-2-4-6-7;1-2-4-5-3-1;;;;/h9-11,13-15,23H,12,16-17H2,1-8H3;3-7H,1-2H2;2-6H,1H2;1-3H,4H2;1H2;2*1H;. The molecular formula is C50H62Cl2Zr. The minimum atomic E-state index is -4.69. The van der Waals surface area contributed by atoms with Crippen molar-refractivity contribution in [3.63, 3.8) is 0 Å². The van der Waals surface area contributed by atoms with Gasteiger partial charge in [-0.2, -0.15) is 0 Å². The van der Waals surface area contributed by atoms with Crippen LogP contribution in [0.3, 0.4) is 0 Å². The molecule has 3 atom stereocenters. The van der Waals surface area contributed by atoms with Crippen molar-refractivity contribution in [1.82, 2.24) is 0 Å². The second kappa shape index (κ2) is 13.4. The van der Waals surface area contributed by atoms with Gasteiger partial charge < -0.3 is 0 Å². The van der Waals surface area contributed by atoms with Crippen molar-refractivity contribution in [1.29, 1.82) is 0 Å². The van der Waals surface area contributed by atoms with E-state index >= 15 is 0 Å². The average molecular weight is 825 g/mol. The molecule has 0 radical (unpaired) electrons. The monoisotopic (exact) mass is 822 g/mol. The Kier molecular flexibility index (Phi) is 10.2. The molecule has 0 heterocycles. The Bertz CT molecular complexity index is 2140. The molecule has 53 heavy (non-hydrogen) atoms. The molecule has 0 amide bonds. The summed E-state index contributed by atoms with van der Waals surface area (Å²) in [5, 5.41) is 0. The fourth-order valence-corrected chi connectivity index (χ4v) is 34.3. The first-order valence-electron chi connectivity index (χ1n) is 19.9. The summed E-state index contributed by atoms with van der Waals surface area (Å²) >= 11 is -4.69. The first kappa shape index (κ1) is 40.4. The summed E-state index contributed by atoms with van der Waals surface area (Å²) in [6, 6.07) is 32.4. The molecule has 0 spiro atoms. The normalized spacial score (nSPS) is 27.5. The van der Waals surface area contributed by atoms with Gasteiger partial charge in [0.05, 0.1) is 0 Å². The van der Waals surface area contributed by atoms with Gasteiger partial charge in [-0.15, -0.1) is 24.8 Å². The van der Waals surface area contributed by atoms with Crippen molar-refractivity contribution in [3.8, 4) is 0 Å². The van der Waals surface area contributed by atoms with E-state index in [0.717, 1.165) is 29.8 Å². The molecule has 5 aliphatic rings. The van der Waals surface area contributed by atoms with Crippen LogP contribution < -0.4 is 0 Å². The summed E-state index contributed by atoms with van der Waals surface area (Å²) in [4.78, 5) is 0. The van der Waals surface area contributed by atoms with E-state index in [2.05, 4.69) is 171 Å². The van der Waals surface area contributed by atoms with Gasteiger partial charge in [0.25, 0.3) is 0 Å². The van der Waals surface area contributed by atoms with E-state index in [0.29, 0.717) is 5.92 Å². The molecule has 280 valence electrons. The van der Waals surface area contributed by atoms with Gasteiger partial charge in [0, 0.05) is 0 Å². The van der Waals surface area contributed by atoms with Crippen LogP contribution in [0.15, 0.2) is 135 Å². The number of benzene rings is 3. The van der Waals surface area contributed by atoms with E-state index < -0.39 is 18.3 Å². The van der Waals surface area contributed by atoms with Crippen molar-refractivity contribution in [2.45, 2.75) is 98.9 Å². The van der Waals surface area contributed by atoms with Gasteiger partial charge in [0.15, 0.2) is 0 Å². The fourth-order valence-electron chi connectivity index (χ4n) is 13.3. The van der Waals surface area contributed by atoms with Crippen molar-refractivity contribution in [2.75, 3.05) is 0 Å². The maximum absolute atomic E-state index is 6.12. The summed E-state index contributed by atoms with van der Waals surface area (Å²) in [7, 11) is 0. The van der Waals surface area contributed by atoms with E-state index in [9.17, 15) is 0 Å². The van der Waals surface area contributed by atoms with Crippen molar-refractivity contribution >= 4 is 34.6 Å². The molecule has 0 bridgehead atoms. The van der Waals surface area contributed by atoms with Crippen LogP contribution in [-0.2, 0) is 35.3 Å². The van der Waals surface area contributed by atoms with Crippen LogP contribution >= 0.6 is 24.8 Å². The Hall–Kier alpha value is -2.31. The zero-order valence-corrected chi connectivity index (χ0v) is 37.6. The molecule has 3 unspecified atom stereocenters. The third-order valence-corrected chi connectivity index (χ3v) is 37.8. The molecule has 3 aromatic rings. The van der Waals surface area contributed by atoms with Crippen molar-refractivity contribution in [3.05, 3.63) is 158 Å². The summed E-state index contributed by atoms with van der Waals surface area (Å²) < 4.78 is 10.0. The molecule has 8 rings (SSSR count). The van der Waals surface area contributed by atoms with E-state index in [1.807, 2.05) is 5.57 Å². The molecule has 1 fully saturated rings. The molecule has 0 aromatic heterocycles. The Morgan fingerprint density at radius 2 is 1.34 bits per heavy atom. The average Bonchev–Trinajstić information content (AvgIpc) is 3.81. The predicted octanol–water partition coefficient (Wildman–Crippen LogP) is 14.2. The van der Waals surface area contributed by atoms with Crippen LogP contribution in [0.1, 0.15) is 96.9 Å². The second-order valence-electron chi connectivity index (χ2n) is 19.2. The first-order valence-corrected chi connectivity index (χ1v) is 27.5. The van der Waals surface area contributed by atoms with Gasteiger partial charge in [-0.05, 0) is 0 Å². The SMILES string of the molecule is Cl.Cl.[CH2]=[Zr]([CH2]Cc1ccccc1)([CH2]c1ccccc1)([C]1=CC=CC1)[C]1(C)C2=C3Cc4ccccc4C3=C3C=CCCC3C2(C)C(C)(C)C(C)(C)C1(C)C. The number of hydrogen-bond acceptors (Lipinski definition) is 0. The van der Waals surface area contributed by atoms with Gasteiger partial charge in [-0.1, -0.05) is 0 Å². The molecule has 5 aliphatic carbocycles. The summed E-state index contributed by atoms with van der Waals surface area (Å²) in [5.41, 5.74) is 12.6. The number of rotatable bonds is 7. The molecular weight excluding hydrogens is 763 g/mol. The quantitative estimate of drug-likeness (QED) is 0.223. The zero-order valence-electron chi connectivity index (χ0n) is 33.5. The maximum atomic E-state index is 6.12. The predicted molar refractivity (Wildman–Crippen MR) is 232 cm³/mol. The number of fused-ring (bicyclic) bond motifs is 6. The van der Waals surface area contributed by atoms with Crippen LogP contribution in [-0.4, -0.2) is 4.21 Å². The van der Waals surface area contributed by atoms with Crippen LogP contribution in [0, 0.1) is 27.6 Å². The molecule has 0 nitrogen and oxygen atoms in total. The fraction of sp³-hybridized carbons (Fsp3) is 0.420. The number of allylic oxidation sites excluding steroid dienone is 10. The van der Waals surface area contributed by atoms with Crippen molar-refractivity contribution < 1.29 is 18.3 Å². The number of aryl methyl sites for hydroxylation is 1. The minimum absolute atomic E-state index is 0. The van der Waals surface area contributed by atoms with E-state index in [1.54, 1.807) is 20.0 Å². The van der Waals surface area contributed by atoms with Crippen LogP contribution in [0.2, 0.25) is 7.25 Å². The summed E-state index contributed by atoms with van der Waals surface area (Å²) in [5.74, 6) is 0.473. The van der Waals surface area contributed by atoms with Crippen LogP contribution in [0.25, 0.3) is 5.57 Å². The van der Waals surface area contributed by atoms with Gasteiger partial charge in [-0.3, -0.25) is 0 Å². The molecule has 0 N–H and O–H groups in total. The molecule has 1 saturated carbocycles. The summed E-state index contributed by atoms with van der Waals surface area (Å²) in [6.07, 6.45) is 18.0. The van der Waals surface area contributed by atoms with Crippen LogP contribution in [0.4, 0.5) is 0 Å². The topological polar surface area (TPSA) is 0 Å². The van der Waals surface area contributed by atoms with Crippen LogP contribution in [0.5, 0.6) is 0 Å². The molecule has 3 aromatic carbocycles. The number of hydrogen-bond donors (Lipinski definition) is 0. The van der Waals surface area contributed by atoms with Crippen molar-refractivity contribution in [2.24, 2.45) is 27.6 Å². The molecule has 0 aliphatic heterocycles. The van der Waals surface area contributed by atoms with Gasteiger partial charge in [-0.25, -0.2) is 0 Å². The van der Waals surface area contributed by atoms with E-state index in [4.69, 9.17) is 4.21 Å². The first-order chi connectivity index (χ1) is 24.1.